The van der Waals surface area contributed by atoms with Crippen LogP contribution < -0.4 is 0 Å². The van der Waals surface area contributed by atoms with Crippen LogP contribution in [0.3, 0.4) is 0 Å². The van der Waals surface area contributed by atoms with E-state index in [1.807, 2.05) is 10.6 Å². The number of hydrogen-bond donors (Lipinski definition) is 0. The Morgan fingerprint density at radius 2 is 2.24 bits per heavy atom. The molecule has 2 rings (SSSR count). The van der Waals surface area contributed by atoms with E-state index in [0.29, 0.717) is 23.6 Å². The molecule has 86 valence electrons. The van der Waals surface area contributed by atoms with Crippen molar-refractivity contribution in [1.82, 2.24) is 9.55 Å². The molecule has 0 N–H and O–H groups in total. The van der Waals surface area contributed by atoms with Crippen molar-refractivity contribution in [2.45, 2.75) is 12.4 Å². The first kappa shape index (κ1) is 11.6. The van der Waals surface area contributed by atoms with Gasteiger partial charge in [-0.2, -0.15) is 5.26 Å². The largest absolute Gasteiger partial charge is 0.330 e. The molecule has 0 fully saturated rings. The van der Waals surface area contributed by atoms with Crippen LogP contribution in [0.1, 0.15) is 17.0 Å². The molecule has 1 heterocycles. The van der Waals surface area contributed by atoms with Crippen LogP contribution in [0, 0.1) is 17.1 Å². The maximum Gasteiger partial charge on any atom is 0.124 e. The standard InChI is InChI=1S/C12H9ClFN3/c13-6-12-16-1-2-17(12)8-10-3-9(7-15)4-11(14)5-10/h1-5H,6,8H2. The van der Waals surface area contributed by atoms with E-state index in [4.69, 9.17) is 16.9 Å². The van der Waals surface area contributed by atoms with Crippen molar-refractivity contribution in [3.63, 3.8) is 0 Å². The summed E-state index contributed by atoms with van der Waals surface area (Å²) in [5, 5.41) is 8.76. The number of nitriles is 1. The van der Waals surface area contributed by atoms with Crippen molar-refractivity contribution in [3.8, 4) is 6.07 Å². The lowest BCUT2D eigenvalue weighted by atomic mass is 10.1. The predicted octanol–water partition coefficient (Wildman–Crippen LogP) is 2.68. The third kappa shape index (κ3) is 2.63. The zero-order valence-corrected chi connectivity index (χ0v) is 9.65. The molecule has 17 heavy (non-hydrogen) atoms. The first-order valence-electron chi connectivity index (χ1n) is 4.98. The molecular weight excluding hydrogens is 241 g/mol. The van der Waals surface area contributed by atoms with Crippen molar-refractivity contribution in [1.29, 1.82) is 5.26 Å². The van der Waals surface area contributed by atoms with Gasteiger partial charge in [0.15, 0.2) is 0 Å². The van der Waals surface area contributed by atoms with Crippen molar-refractivity contribution < 1.29 is 4.39 Å². The van der Waals surface area contributed by atoms with Gasteiger partial charge in [-0.1, -0.05) is 0 Å². The molecule has 1 aromatic carbocycles. The van der Waals surface area contributed by atoms with Crippen molar-refractivity contribution >= 4 is 11.6 Å². The van der Waals surface area contributed by atoms with Gasteiger partial charge in [-0.3, -0.25) is 0 Å². The molecule has 0 aliphatic rings. The van der Waals surface area contributed by atoms with Crippen molar-refractivity contribution in [2.75, 3.05) is 0 Å². The number of rotatable bonds is 3. The van der Waals surface area contributed by atoms with Crippen molar-refractivity contribution in [2.24, 2.45) is 0 Å². The molecule has 2 aromatic rings. The fraction of sp³-hybridized carbons (Fsp3) is 0.167. The summed E-state index contributed by atoms with van der Waals surface area (Å²) in [7, 11) is 0. The second-order valence-corrected chi connectivity index (χ2v) is 3.83. The third-order valence-electron chi connectivity index (χ3n) is 2.36. The summed E-state index contributed by atoms with van der Waals surface area (Å²) in [6.07, 6.45) is 3.41. The molecule has 0 aliphatic carbocycles. The van der Waals surface area contributed by atoms with E-state index in [9.17, 15) is 4.39 Å². The Morgan fingerprint density at radius 1 is 1.41 bits per heavy atom. The maximum atomic E-state index is 13.2. The Balaban J connectivity index is 2.30. The Labute approximate surface area is 103 Å². The van der Waals surface area contributed by atoms with Crippen LogP contribution in [0.4, 0.5) is 4.39 Å². The lowest BCUT2D eigenvalue weighted by molar-refractivity contribution is 0.622. The maximum absolute atomic E-state index is 13.2. The highest BCUT2D eigenvalue weighted by molar-refractivity contribution is 6.16. The number of benzene rings is 1. The summed E-state index contributed by atoms with van der Waals surface area (Å²) in [5.41, 5.74) is 1.03. The van der Waals surface area contributed by atoms with Crippen LogP contribution in [0.2, 0.25) is 0 Å². The Kier molecular flexibility index (Phi) is 3.40. The molecule has 0 unspecified atom stereocenters. The second-order valence-electron chi connectivity index (χ2n) is 3.56. The first-order chi connectivity index (χ1) is 8.22. The van der Waals surface area contributed by atoms with Gasteiger partial charge in [-0.05, 0) is 23.8 Å². The minimum absolute atomic E-state index is 0.299. The van der Waals surface area contributed by atoms with Gasteiger partial charge in [-0.15, -0.1) is 11.6 Å². The number of aromatic nitrogens is 2. The summed E-state index contributed by atoms with van der Waals surface area (Å²) in [4.78, 5) is 4.07. The minimum Gasteiger partial charge on any atom is -0.330 e. The summed E-state index contributed by atoms with van der Waals surface area (Å²) in [6, 6.07) is 6.19. The fourth-order valence-corrected chi connectivity index (χ4v) is 1.84. The van der Waals surface area contributed by atoms with E-state index in [2.05, 4.69) is 4.98 Å². The van der Waals surface area contributed by atoms with E-state index in [-0.39, 0.29) is 0 Å². The van der Waals surface area contributed by atoms with Gasteiger partial charge in [0, 0.05) is 18.9 Å². The molecule has 0 atom stereocenters. The molecule has 1 aromatic heterocycles. The van der Waals surface area contributed by atoms with Gasteiger partial charge in [0.25, 0.3) is 0 Å². The predicted molar refractivity (Wildman–Crippen MR) is 62.0 cm³/mol. The number of imidazole rings is 1. The highest BCUT2D eigenvalue weighted by Gasteiger charge is 2.04. The van der Waals surface area contributed by atoms with Gasteiger partial charge in [0.05, 0.1) is 17.5 Å². The first-order valence-corrected chi connectivity index (χ1v) is 5.52. The molecule has 0 spiro atoms. The molecule has 0 amide bonds. The third-order valence-corrected chi connectivity index (χ3v) is 2.60. The zero-order valence-electron chi connectivity index (χ0n) is 8.90. The molecule has 0 saturated carbocycles. The van der Waals surface area contributed by atoms with E-state index >= 15 is 0 Å². The SMILES string of the molecule is N#Cc1cc(F)cc(Cn2ccnc2CCl)c1. The van der Waals surface area contributed by atoms with Crippen LogP contribution in [0.25, 0.3) is 0 Å². The van der Waals surface area contributed by atoms with Gasteiger partial charge < -0.3 is 4.57 Å². The van der Waals surface area contributed by atoms with Gasteiger partial charge in [0.2, 0.25) is 0 Å². The van der Waals surface area contributed by atoms with Crippen LogP contribution in [-0.2, 0) is 12.4 Å². The van der Waals surface area contributed by atoms with Gasteiger partial charge in [-0.25, -0.2) is 9.37 Å². The average Bonchev–Trinajstić information content (AvgIpc) is 2.75. The van der Waals surface area contributed by atoms with E-state index in [0.717, 1.165) is 5.82 Å². The topological polar surface area (TPSA) is 41.6 Å². The van der Waals surface area contributed by atoms with Crippen LogP contribution >= 0.6 is 11.6 Å². The Bertz CT molecular complexity index is 571. The molecule has 0 radical (unpaired) electrons. The normalized spacial score (nSPS) is 10.2. The van der Waals surface area contributed by atoms with Crippen molar-refractivity contribution in [3.05, 3.63) is 53.4 Å². The number of alkyl halides is 1. The lowest BCUT2D eigenvalue weighted by Gasteiger charge is -2.06. The highest BCUT2D eigenvalue weighted by Crippen LogP contribution is 2.12. The molecule has 3 nitrogen and oxygen atoms in total. The van der Waals surface area contributed by atoms with E-state index < -0.39 is 5.82 Å². The van der Waals surface area contributed by atoms with Crippen LogP contribution in [-0.4, -0.2) is 9.55 Å². The second kappa shape index (κ2) is 4.98. The van der Waals surface area contributed by atoms with Gasteiger partial charge in [0.1, 0.15) is 11.6 Å². The monoisotopic (exact) mass is 249 g/mol. The summed E-state index contributed by atoms with van der Waals surface area (Å²) < 4.78 is 15.0. The fourth-order valence-electron chi connectivity index (χ4n) is 1.62. The number of hydrogen-bond acceptors (Lipinski definition) is 2. The minimum atomic E-state index is -0.411. The smallest absolute Gasteiger partial charge is 0.124 e. The lowest BCUT2D eigenvalue weighted by Crippen LogP contribution is -2.03. The number of nitrogens with zero attached hydrogens (tertiary/aromatic N) is 3. The molecular formula is C12H9ClFN3. The Hall–Kier alpha value is -1.86. The average molecular weight is 250 g/mol. The Morgan fingerprint density at radius 3 is 2.94 bits per heavy atom. The quantitative estimate of drug-likeness (QED) is 0.785. The summed E-state index contributed by atoms with van der Waals surface area (Å²) >= 11 is 5.72. The van der Waals surface area contributed by atoms with E-state index in [1.165, 1.54) is 12.1 Å². The molecule has 0 saturated heterocycles. The molecule has 0 aliphatic heterocycles. The van der Waals surface area contributed by atoms with E-state index in [1.54, 1.807) is 18.5 Å². The summed E-state index contributed by atoms with van der Waals surface area (Å²) in [5.74, 6) is 0.606. The van der Waals surface area contributed by atoms with Crippen LogP contribution in [0.5, 0.6) is 0 Å². The van der Waals surface area contributed by atoms with Crippen LogP contribution in [0.15, 0.2) is 30.6 Å². The number of halogens is 2. The molecule has 5 heteroatoms. The highest BCUT2D eigenvalue weighted by atomic mass is 35.5. The summed E-state index contributed by atoms with van der Waals surface area (Å²) in [6.45, 7) is 0.453. The zero-order chi connectivity index (χ0) is 12.3. The van der Waals surface area contributed by atoms with Gasteiger partial charge >= 0.3 is 0 Å². The molecule has 0 bridgehead atoms.